The van der Waals surface area contributed by atoms with E-state index in [2.05, 4.69) is 33.4 Å². The van der Waals surface area contributed by atoms with Crippen LogP contribution < -0.4 is 0 Å². The van der Waals surface area contributed by atoms with Crippen LogP contribution >= 0.6 is 0 Å². The third-order valence-corrected chi connectivity index (χ3v) is 6.25. The Kier molecular flexibility index (Phi) is 6.75. The number of rotatable bonds is 0. The highest BCUT2D eigenvalue weighted by molar-refractivity contribution is 4.75. The Labute approximate surface area is 143 Å². The first-order chi connectivity index (χ1) is 11.2. The lowest BCUT2D eigenvalue weighted by Crippen LogP contribution is -2.29. The number of fused-ring (bicyclic) bond motifs is 4. The second-order valence-corrected chi connectivity index (χ2v) is 8.47. The van der Waals surface area contributed by atoms with Gasteiger partial charge in [-0.1, -0.05) is 13.8 Å². The quantitative estimate of drug-likeness (QED) is 0.679. The van der Waals surface area contributed by atoms with Crippen LogP contribution in [0.2, 0.25) is 0 Å². The lowest BCUT2D eigenvalue weighted by atomic mass is 10.0. The number of hydrogen-bond donors (Lipinski definition) is 0. The van der Waals surface area contributed by atoms with E-state index in [1.54, 1.807) is 0 Å². The molecule has 6 unspecified atom stereocenters. The van der Waals surface area contributed by atoms with Gasteiger partial charge in [0, 0.05) is 26.2 Å². The van der Waals surface area contributed by atoms with Crippen molar-refractivity contribution in [3.63, 3.8) is 0 Å². The van der Waals surface area contributed by atoms with Crippen molar-refractivity contribution in [1.82, 2.24) is 19.6 Å². The smallest absolute Gasteiger partial charge is 0.0507 e. The number of nitrogens with zero attached hydrogens (tertiary/aromatic N) is 4. The minimum absolute atomic E-state index is 0.869. The second kappa shape index (κ2) is 8.80. The van der Waals surface area contributed by atoms with E-state index in [-0.39, 0.29) is 0 Å². The van der Waals surface area contributed by atoms with E-state index in [0.717, 1.165) is 11.8 Å². The average molecular weight is 323 g/mol. The fourth-order valence-electron chi connectivity index (χ4n) is 4.31. The first kappa shape index (κ1) is 17.7. The summed E-state index contributed by atoms with van der Waals surface area (Å²) in [5.41, 5.74) is 0. The van der Waals surface area contributed by atoms with Crippen LogP contribution in [0.5, 0.6) is 0 Å². The van der Waals surface area contributed by atoms with Crippen molar-refractivity contribution in [2.75, 3.05) is 65.7 Å². The maximum Gasteiger partial charge on any atom is 0.0507 e. The van der Waals surface area contributed by atoms with E-state index in [4.69, 9.17) is 0 Å². The van der Waals surface area contributed by atoms with E-state index >= 15 is 0 Å². The molecule has 0 radical (unpaired) electrons. The molecule has 3 fully saturated rings. The Bertz CT molecular complexity index is 348. The molecule has 6 atom stereocenters. The molecule has 134 valence electrons. The summed E-state index contributed by atoms with van der Waals surface area (Å²) in [6.45, 7) is 17.8. The summed E-state index contributed by atoms with van der Waals surface area (Å²) in [5.74, 6) is 1.76. The molecule has 0 spiro atoms. The minimum Gasteiger partial charge on any atom is -0.289 e. The Morgan fingerprint density at radius 3 is 1.35 bits per heavy atom. The lowest BCUT2D eigenvalue weighted by Gasteiger charge is -2.22. The monoisotopic (exact) mass is 322 g/mol. The summed E-state index contributed by atoms with van der Waals surface area (Å²) in [4.78, 5) is 10.7. The Balaban J connectivity index is 1.50. The van der Waals surface area contributed by atoms with Gasteiger partial charge >= 0.3 is 0 Å². The minimum atomic E-state index is 0.869. The van der Waals surface area contributed by atoms with Gasteiger partial charge in [0.2, 0.25) is 0 Å². The molecule has 0 aromatic heterocycles. The molecule has 0 saturated carbocycles. The maximum absolute atomic E-state index is 2.68. The fraction of sp³-hybridized carbons (Fsp3) is 1.00. The van der Waals surface area contributed by atoms with Crippen molar-refractivity contribution in [1.29, 1.82) is 0 Å². The highest BCUT2D eigenvalue weighted by atomic mass is 15.4. The van der Waals surface area contributed by atoms with E-state index in [1.807, 2.05) is 0 Å². The topological polar surface area (TPSA) is 13.0 Å². The maximum atomic E-state index is 2.68. The van der Waals surface area contributed by atoms with Crippen LogP contribution in [0.15, 0.2) is 0 Å². The molecule has 23 heavy (non-hydrogen) atoms. The van der Waals surface area contributed by atoms with Crippen molar-refractivity contribution < 1.29 is 0 Å². The van der Waals surface area contributed by atoms with E-state index < -0.39 is 0 Å². The Hall–Kier alpha value is -0.160. The van der Waals surface area contributed by atoms with Gasteiger partial charge in [0.05, 0.1) is 13.3 Å². The summed E-state index contributed by atoms with van der Waals surface area (Å²) in [7, 11) is 0. The van der Waals surface area contributed by atoms with Crippen molar-refractivity contribution in [3.05, 3.63) is 0 Å². The molecule has 0 N–H and O–H groups in total. The van der Waals surface area contributed by atoms with Gasteiger partial charge in [-0.25, -0.2) is 0 Å². The van der Waals surface area contributed by atoms with Crippen LogP contribution in [0, 0.1) is 11.8 Å². The molecule has 0 aromatic rings. The number of hydrogen-bond acceptors (Lipinski definition) is 4. The van der Waals surface area contributed by atoms with E-state index in [0.29, 0.717) is 0 Å². The summed E-state index contributed by atoms with van der Waals surface area (Å²) >= 11 is 0. The van der Waals surface area contributed by atoms with Crippen molar-refractivity contribution in [2.45, 2.75) is 46.0 Å². The fourth-order valence-corrected chi connectivity index (χ4v) is 4.31. The van der Waals surface area contributed by atoms with Gasteiger partial charge in [0.25, 0.3) is 0 Å². The first-order valence-corrected chi connectivity index (χ1v) is 10.1. The largest absolute Gasteiger partial charge is 0.289 e. The lowest BCUT2D eigenvalue weighted by molar-refractivity contribution is 0.217. The van der Waals surface area contributed by atoms with Gasteiger partial charge in [-0.15, -0.1) is 0 Å². The van der Waals surface area contributed by atoms with Crippen LogP contribution in [-0.2, 0) is 0 Å². The zero-order chi connectivity index (χ0) is 16.1. The summed E-state index contributed by atoms with van der Waals surface area (Å²) < 4.78 is 0. The molecule has 0 amide bonds. The average Bonchev–Trinajstić information content (AvgIpc) is 3.17. The van der Waals surface area contributed by atoms with Gasteiger partial charge < -0.3 is 0 Å². The van der Waals surface area contributed by atoms with Crippen molar-refractivity contribution >= 4 is 0 Å². The molecule has 3 rings (SSSR count). The summed E-state index contributed by atoms with van der Waals surface area (Å²) in [5, 5.41) is 0. The van der Waals surface area contributed by atoms with Crippen LogP contribution in [0.4, 0.5) is 0 Å². The third kappa shape index (κ3) is 5.70. The van der Waals surface area contributed by atoms with Crippen molar-refractivity contribution in [2.24, 2.45) is 11.8 Å². The molecule has 0 aromatic carbocycles. The van der Waals surface area contributed by atoms with Crippen LogP contribution in [0.25, 0.3) is 0 Å². The van der Waals surface area contributed by atoms with Gasteiger partial charge in [0.1, 0.15) is 0 Å². The molecular weight excluding hydrogens is 284 g/mol. The summed E-state index contributed by atoms with van der Waals surface area (Å²) in [6, 6.07) is 0. The molecule has 4 nitrogen and oxygen atoms in total. The SMILES string of the molecule is CC1CCCN2CCN(CCC(C)CCN3CCN(CC1)C3)C2. The molecule has 3 aliphatic heterocycles. The predicted molar refractivity (Wildman–Crippen MR) is 97.4 cm³/mol. The second-order valence-electron chi connectivity index (χ2n) is 8.47. The normalized spacial score (nSPS) is 44.1. The van der Waals surface area contributed by atoms with Gasteiger partial charge in [0.15, 0.2) is 0 Å². The van der Waals surface area contributed by atoms with Crippen LogP contribution in [-0.4, -0.2) is 85.3 Å². The molecule has 4 heteroatoms. The summed E-state index contributed by atoms with van der Waals surface area (Å²) in [6.07, 6.45) is 6.93. The first-order valence-electron chi connectivity index (χ1n) is 10.1. The van der Waals surface area contributed by atoms with Gasteiger partial charge in [-0.2, -0.15) is 0 Å². The Morgan fingerprint density at radius 1 is 0.478 bits per heavy atom. The molecule has 3 aliphatic rings. The zero-order valence-corrected chi connectivity index (χ0v) is 15.6. The highest BCUT2D eigenvalue weighted by Gasteiger charge is 2.22. The predicted octanol–water partition coefficient (Wildman–Crippen LogP) is 2.37. The highest BCUT2D eigenvalue weighted by Crippen LogP contribution is 2.18. The van der Waals surface area contributed by atoms with Crippen LogP contribution in [0.1, 0.15) is 46.0 Å². The Morgan fingerprint density at radius 2 is 0.870 bits per heavy atom. The van der Waals surface area contributed by atoms with Gasteiger partial charge in [-0.05, 0) is 70.1 Å². The molecule has 3 saturated heterocycles. The molecular formula is C19H38N4. The van der Waals surface area contributed by atoms with Crippen molar-refractivity contribution in [3.8, 4) is 0 Å². The van der Waals surface area contributed by atoms with E-state index in [1.165, 1.54) is 97.8 Å². The standard InChI is InChI=1S/C19H38N4/c1-18-4-3-8-20-12-13-21(16-20)10-6-19(2)7-11-23-15-14-22(17-23)9-5-18/h18-19H,3-17H2,1-2H3. The van der Waals surface area contributed by atoms with E-state index in [9.17, 15) is 0 Å². The molecule has 4 bridgehead atoms. The molecule has 0 aliphatic carbocycles. The third-order valence-electron chi connectivity index (χ3n) is 6.25. The van der Waals surface area contributed by atoms with Gasteiger partial charge in [-0.3, -0.25) is 19.6 Å². The zero-order valence-electron chi connectivity index (χ0n) is 15.6. The van der Waals surface area contributed by atoms with Crippen LogP contribution in [0.3, 0.4) is 0 Å². The molecule has 3 heterocycles.